The van der Waals surface area contributed by atoms with Gasteiger partial charge < -0.3 is 10.1 Å². The van der Waals surface area contributed by atoms with Gasteiger partial charge in [0.05, 0.1) is 18.5 Å². The number of halogens is 1. The van der Waals surface area contributed by atoms with E-state index in [0.717, 1.165) is 17.0 Å². The third kappa shape index (κ3) is 3.52. The van der Waals surface area contributed by atoms with Crippen molar-refractivity contribution in [3.8, 4) is 17.0 Å². The Hall–Kier alpha value is -3.15. The molecular weight excluding hydrogens is 321 g/mol. The maximum Gasteiger partial charge on any atom is 0.255 e. The van der Waals surface area contributed by atoms with Crippen molar-refractivity contribution in [3.05, 3.63) is 65.6 Å². The van der Waals surface area contributed by atoms with Crippen molar-refractivity contribution >= 4 is 11.6 Å². The van der Waals surface area contributed by atoms with Crippen LogP contribution in [0.3, 0.4) is 0 Å². The second kappa shape index (κ2) is 7.17. The van der Waals surface area contributed by atoms with E-state index in [1.165, 1.54) is 24.3 Å². The minimum absolute atomic E-state index is 0.314. The van der Waals surface area contributed by atoms with Crippen LogP contribution >= 0.6 is 0 Å². The number of aryl methyl sites for hydroxylation is 1. The van der Waals surface area contributed by atoms with Crippen LogP contribution in [0.1, 0.15) is 23.0 Å². The fourth-order valence-electron chi connectivity index (χ4n) is 2.51. The van der Waals surface area contributed by atoms with E-state index >= 15 is 0 Å². The molecule has 0 spiro atoms. The molecule has 0 aliphatic carbocycles. The monoisotopic (exact) mass is 339 g/mol. The van der Waals surface area contributed by atoms with Crippen molar-refractivity contribution in [3.63, 3.8) is 0 Å². The van der Waals surface area contributed by atoms with E-state index in [1.807, 2.05) is 31.2 Å². The van der Waals surface area contributed by atoms with Crippen molar-refractivity contribution in [1.29, 1.82) is 0 Å². The highest BCUT2D eigenvalue weighted by atomic mass is 19.1. The quantitative estimate of drug-likeness (QED) is 0.737. The van der Waals surface area contributed by atoms with Gasteiger partial charge in [-0.3, -0.25) is 9.89 Å². The third-order valence-electron chi connectivity index (χ3n) is 3.90. The standard InChI is InChI=1S/C19H18FN3O2/c1-3-16-18(21-19(24)13-4-8-14(20)9-5-13)17(23-22-16)12-6-10-15(25-2)11-7-12/h4-11H,3H2,1-2H3,(H,21,24)(H,22,23). The fraction of sp³-hybridized carbons (Fsp3) is 0.158. The van der Waals surface area contributed by atoms with Gasteiger partial charge >= 0.3 is 0 Å². The highest BCUT2D eigenvalue weighted by Crippen LogP contribution is 2.30. The Bertz CT molecular complexity index is 871. The number of carbonyl (C=O) groups is 1. The number of hydrogen-bond donors (Lipinski definition) is 2. The van der Waals surface area contributed by atoms with Crippen molar-refractivity contribution in [2.45, 2.75) is 13.3 Å². The first kappa shape index (κ1) is 16.7. The first-order chi connectivity index (χ1) is 12.1. The first-order valence-electron chi connectivity index (χ1n) is 7.91. The molecule has 0 unspecified atom stereocenters. The SMILES string of the molecule is CCc1[nH]nc(-c2ccc(OC)cc2)c1NC(=O)c1ccc(F)cc1. The molecule has 1 heterocycles. The first-order valence-corrected chi connectivity index (χ1v) is 7.91. The summed E-state index contributed by atoms with van der Waals surface area (Å²) in [5.41, 5.74) is 3.33. The van der Waals surface area contributed by atoms with Crippen molar-refractivity contribution in [1.82, 2.24) is 10.2 Å². The summed E-state index contributed by atoms with van der Waals surface area (Å²) >= 11 is 0. The van der Waals surface area contributed by atoms with E-state index < -0.39 is 0 Å². The number of aromatic amines is 1. The lowest BCUT2D eigenvalue weighted by Gasteiger charge is -2.08. The molecule has 0 saturated heterocycles. The number of nitrogens with one attached hydrogen (secondary N) is 2. The number of rotatable bonds is 5. The largest absolute Gasteiger partial charge is 0.497 e. The lowest BCUT2D eigenvalue weighted by atomic mass is 10.1. The number of hydrogen-bond acceptors (Lipinski definition) is 3. The van der Waals surface area contributed by atoms with E-state index in [4.69, 9.17) is 4.74 Å². The Morgan fingerprint density at radius 3 is 2.44 bits per heavy atom. The predicted octanol–water partition coefficient (Wildman–Crippen LogP) is 4.04. The number of ether oxygens (including phenoxy) is 1. The summed E-state index contributed by atoms with van der Waals surface area (Å²) in [5, 5.41) is 10.2. The summed E-state index contributed by atoms with van der Waals surface area (Å²) in [6.45, 7) is 1.97. The zero-order chi connectivity index (χ0) is 17.8. The van der Waals surface area contributed by atoms with Gasteiger partial charge in [0.15, 0.2) is 0 Å². The molecule has 2 N–H and O–H groups in total. The summed E-state index contributed by atoms with van der Waals surface area (Å²) in [5.74, 6) is 0.0470. The molecule has 0 atom stereocenters. The molecule has 1 amide bonds. The zero-order valence-corrected chi connectivity index (χ0v) is 14.0. The van der Waals surface area contributed by atoms with E-state index in [9.17, 15) is 9.18 Å². The van der Waals surface area contributed by atoms with E-state index in [2.05, 4.69) is 15.5 Å². The maximum absolute atomic E-state index is 13.0. The summed E-state index contributed by atoms with van der Waals surface area (Å²) in [6, 6.07) is 12.8. The maximum atomic E-state index is 13.0. The fourth-order valence-corrected chi connectivity index (χ4v) is 2.51. The van der Waals surface area contributed by atoms with Crippen LogP contribution in [-0.2, 0) is 6.42 Å². The predicted molar refractivity (Wildman–Crippen MR) is 94.3 cm³/mol. The molecule has 3 rings (SSSR count). The smallest absolute Gasteiger partial charge is 0.255 e. The number of H-pyrrole nitrogens is 1. The number of amides is 1. The molecule has 6 heteroatoms. The Kier molecular flexibility index (Phi) is 4.79. The number of nitrogens with zero attached hydrogens (tertiary/aromatic N) is 1. The second-order valence-electron chi connectivity index (χ2n) is 5.47. The van der Waals surface area contributed by atoms with E-state index in [-0.39, 0.29) is 11.7 Å². The van der Waals surface area contributed by atoms with Crippen LogP contribution in [0.25, 0.3) is 11.3 Å². The van der Waals surface area contributed by atoms with Gasteiger partial charge in [0.1, 0.15) is 17.3 Å². The van der Waals surface area contributed by atoms with Gasteiger partial charge in [0, 0.05) is 11.1 Å². The summed E-state index contributed by atoms with van der Waals surface area (Å²) in [7, 11) is 1.60. The van der Waals surface area contributed by atoms with Gasteiger partial charge in [-0.25, -0.2) is 4.39 Å². The van der Waals surface area contributed by atoms with Crippen molar-refractivity contribution in [2.75, 3.05) is 12.4 Å². The summed E-state index contributed by atoms with van der Waals surface area (Å²) in [6.07, 6.45) is 0.683. The Balaban J connectivity index is 1.93. The minimum Gasteiger partial charge on any atom is -0.497 e. The average molecular weight is 339 g/mol. The molecular formula is C19H18FN3O2. The van der Waals surface area contributed by atoms with Gasteiger partial charge in [-0.15, -0.1) is 0 Å². The molecule has 0 saturated carbocycles. The highest BCUT2D eigenvalue weighted by molar-refractivity contribution is 6.06. The Labute approximate surface area is 144 Å². The highest BCUT2D eigenvalue weighted by Gasteiger charge is 2.17. The number of carbonyl (C=O) groups excluding carboxylic acids is 1. The number of aromatic nitrogens is 2. The second-order valence-corrected chi connectivity index (χ2v) is 5.47. The summed E-state index contributed by atoms with van der Waals surface area (Å²) in [4.78, 5) is 12.5. The zero-order valence-electron chi connectivity index (χ0n) is 14.0. The van der Waals surface area contributed by atoms with Gasteiger partial charge in [-0.05, 0) is 55.0 Å². The molecule has 0 fully saturated rings. The lowest BCUT2D eigenvalue weighted by Crippen LogP contribution is -2.13. The molecule has 128 valence electrons. The number of methoxy groups -OCH3 is 1. The van der Waals surface area contributed by atoms with Crippen molar-refractivity contribution in [2.24, 2.45) is 0 Å². The minimum atomic E-state index is -0.381. The molecule has 0 radical (unpaired) electrons. The van der Waals surface area contributed by atoms with Gasteiger partial charge in [0.25, 0.3) is 5.91 Å². The molecule has 0 aliphatic heterocycles. The van der Waals surface area contributed by atoms with Crippen LogP contribution in [-0.4, -0.2) is 23.2 Å². The topological polar surface area (TPSA) is 67.0 Å². The van der Waals surface area contributed by atoms with E-state index in [0.29, 0.717) is 23.4 Å². The molecule has 0 aliphatic rings. The van der Waals surface area contributed by atoms with Crippen LogP contribution in [0.4, 0.5) is 10.1 Å². The van der Waals surface area contributed by atoms with Crippen LogP contribution < -0.4 is 10.1 Å². The number of benzene rings is 2. The van der Waals surface area contributed by atoms with Crippen LogP contribution in [0.2, 0.25) is 0 Å². The molecule has 5 nitrogen and oxygen atoms in total. The van der Waals surface area contributed by atoms with Gasteiger partial charge in [0.2, 0.25) is 0 Å². The van der Waals surface area contributed by atoms with Crippen LogP contribution in [0.5, 0.6) is 5.75 Å². The number of anilines is 1. The summed E-state index contributed by atoms with van der Waals surface area (Å²) < 4.78 is 18.2. The average Bonchev–Trinajstić information content (AvgIpc) is 3.05. The van der Waals surface area contributed by atoms with Crippen LogP contribution in [0, 0.1) is 5.82 Å². The van der Waals surface area contributed by atoms with Gasteiger partial charge in [-0.1, -0.05) is 6.92 Å². The molecule has 1 aromatic heterocycles. The van der Waals surface area contributed by atoms with Gasteiger partial charge in [-0.2, -0.15) is 5.10 Å². The van der Waals surface area contributed by atoms with Crippen molar-refractivity contribution < 1.29 is 13.9 Å². The Morgan fingerprint density at radius 2 is 1.84 bits per heavy atom. The third-order valence-corrected chi connectivity index (χ3v) is 3.90. The van der Waals surface area contributed by atoms with Crippen LogP contribution in [0.15, 0.2) is 48.5 Å². The molecule has 25 heavy (non-hydrogen) atoms. The molecule has 3 aromatic rings. The van der Waals surface area contributed by atoms with E-state index in [1.54, 1.807) is 7.11 Å². The normalized spacial score (nSPS) is 10.5. The molecule has 0 bridgehead atoms. The Morgan fingerprint density at radius 1 is 1.16 bits per heavy atom. The lowest BCUT2D eigenvalue weighted by molar-refractivity contribution is 0.102. The molecule has 2 aromatic carbocycles.